The van der Waals surface area contributed by atoms with Crippen molar-refractivity contribution in [2.45, 2.75) is 18.7 Å². The molecule has 0 saturated carbocycles. The lowest BCUT2D eigenvalue weighted by molar-refractivity contribution is 0.0697. The summed E-state index contributed by atoms with van der Waals surface area (Å²) >= 11 is 1.74. The van der Waals surface area contributed by atoms with E-state index in [0.717, 1.165) is 16.2 Å². The maximum absolute atomic E-state index is 11.2. The molecule has 0 bridgehead atoms. The van der Waals surface area contributed by atoms with Gasteiger partial charge in [-0.15, -0.1) is 11.8 Å². The number of carboxylic acid groups (broad SMARTS) is 1. The monoisotopic (exact) mass is 274 g/mol. The van der Waals surface area contributed by atoms with Crippen molar-refractivity contribution in [3.8, 4) is 11.3 Å². The van der Waals surface area contributed by atoms with E-state index in [1.165, 1.54) is 6.20 Å². The Bertz CT molecular complexity index is 597. The second-order valence-electron chi connectivity index (χ2n) is 3.94. The van der Waals surface area contributed by atoms with Crippen LogP contribution in [0.5, 0.6) is 0 Å². The molecule has 2 aromatic rings. The second kappa shape index (κ2) is 5.84. The molecule has 0 amide bonds. The highest BCUT2D eigenvalue weighted by atomic mass is 32.2. The van der Waals surface area contributed by atoms with Gasteiger partial charge in [0.15, 0.2) is 0 Å². The molecule has 0 aliphatic carbocycles. The molecule has 19 heavy (non-hydrogen) atoms. The molecule has 1 aromatic carbocycles. The van der Waals surface area contributed by atoms with E-state index >= 15 is 0 Å². The molecule has 1 heterocycles. The average Bonchev–Trinajstić information content (AvgIpc) is 2.39. The standard InChI is InChI=1S/C14H14N2O2S/c1-3-19-11-6-4-10(5-7-11)13-12(14(17)18)8-15-9(2)16-13/h4-8H,3H2,1-2H3,(H,17,18). The summed E-state index contributed by atoms with van der Waals surface area (Å²) in [6.45, 7) is 3.84. The summed E-state index contributed by atoms with van der Waals surface area (Å²) in [4.78, 5) is 20.5. The minimum atomic E-state index is -1.01. The number of carbonyl (C=O) groups is 1. The second-order valence-corrected chi connectivity index (χ2v) is 5.28. The molecule has 0 atom stereocenters. The van der Waals surface area contributed by atoms with Crippen LogP contribution in [0.2, 0.25) is 0 Å². The number of aromatic carboxylic acids is 1. The van der Waals surface area contributed by atoms with Crippen LogP contribution < -0.4 is 0 Å². The highest BCUT2D eigenvalue weighted by Gasteiger charge is 2.14. The normalized spacial score (nSPS) is 10.4. The largest absolute Gasteiger partial charge is 0.478 e. The van der Waals surface area contributed by atoms with Crippen LogP contribution in [0, 0.1) is 6.92 Å². The Labute approximate surface area is 115 Å². The van der Waals surface area contributed by atoms with Crippen LogP contribution in [0.4, 0.5) is 0 Å². The first-order valence-electron chi connectivity index (χ1n) is 5.92. The van der Waals surface area contributed by atoms with E-state index in [0.29, 0.717) is 11.5 Å². The molecule has 5 heteroatoms. The van der Waals surface area contributed by atoms with Crippen molar-refractivity contribution >= 4 is 17.7 Å². The van der Waals surface area contributed by atoms with Gasteiger partial charge in [0.05, 0.1) is 5.69 Å². The number of nitrogens with zero attached hydrogens (tertiary/aromatic N) is 2. The van der Waals surface area contributed by atoms with Crippen molar-refractivity contribution in [1.82, 2.24) is 9.97 Å². The first-order valence-corrected chi connectivity index (χ1v) is 6.90. The number of aryl methyl sites for hydroxylation is 1. The molecule has 0 fully saturated rings. The molecule has 2 rings (SSSR count). The van der Waals surface area contributed by atoms with E-state index in [4.69, 9.17) is 0 Å². The van der Waals surface area contributed by atoms with Crippen LogP contribution >= 0.6 is 11.8 Å². The van der Waals surface area contributed by atoms with E-state index in [1.807, 2.05) is 24.3 Å². The Hall–Kier alpha value is -1.88. The summed E-state index contributed by atoms with van der Waals surface area (Å²) in [6, 6.07) is 7.75. The van der Waals surface area contributed by atoms with Crippen molar-refractivity contribution in [1.29, 1.82) is 0 Å². The van der Waals surface area contributed by atoms with Crippen LogP contribution in [0.25, 0.3) is 11.3 Å². The van der Waals surface area contributed by atoms with E-state index in [2.05, 4.69) is 16.9 Å². The van der Waals surface area contributed by atoms with Gasteiger partial charge in [0, 0.05) is 16.7 Å². The molecule has 0 spiro atoms. The summed E-state index contributed by atoms with van der Waals surface area (Å²) in [5, 5.41) is 9.17. The number of thioether (sulfide) groups is 1. The van der Waals surface area contributed by atoms with Gasteiger partial charge in [0.1, 0.15) is 11.4 Å². The molecule has 0 aliphatic rings. The molecule has 0 saturated heterocycles. The zero-order valence-electron chi connectivity index (χ0n) is 10.8. The Morgan fingerprint density at radius 1 is 1.32 bits per heavy atom. The first-order chi connectivity index (χ1) is 9.11. The fourth-order valence-electron chi connectivity index (χ4n) is 1.72. The van der Waals surface area contributed by atoms with Crippen LogP contribution in [-0.2, 0) is 0 Å². The fourth-order valence-corrected chi connectivity index (χ4v) is 2.38. The molecule has 1 N–H and O–H groups in total. The van der Waals surface area contributed by atoms with Gasteiger partial charge in [-0.05, 0) is 24.8 Å². The number of aromatic nitrogens is 2. The number of rotatable bonds is 4. The van der Waals surface area contributed by atoms with Gasteiger partial charge in [0.2, 0.25) is 0 Å². The van der Waals surface area contributed by atoms with Gasteiger partial charge >= 0.3 is 5.97 Å². The quantitative estimate of drug-likeness (QED) is 0.867. The third-order valence-electron chi connectivity index (χ3n) is 2.58. The third kappa shape index (κ3) is 3.12. The zero-order chi connectivity index (χ0) is 13.8. The third-order valence-corrected chi connectivity index (χ3v) is 3.47. The van der Waals surface area contributed by atoms with Gasteiger partial charge in [-0.2, -0.15) is 0 Å². The minimum absolute atomic E-state index is 0.126. The fraction of sp³-hybridized carbons (Fsp3) is 0.214. The highest BCUT2D eigenvalue weighted by molar-refractivity contribution is 7.99. The van der Waals surface area contributed by atoms with Crippen LogP contribution in [-0.4, -0.2) is 26.8 Å². The summed E-state index contributed by atoms with van der Waals surface area (Å²) in [6.07, 6.45) is 1.36. The number of hydrogen-bond donors (Lipinski definition) is 1. The van der Waals surface area contributed by atoms with Gasteiger partial charge in [0.25, 0.3) is 0 Å². The number of benzene rings is 1. The summed E-state index contributed by atoms with van der Waals surface area (Å²) in [5.74, 6) is 0.556. The summed E-state index contributed by atoms with van der Waals surface area (Å²) in [5.41, 5.74) is 1.39. The molecule has 0 unspecified atom stereocenters. The number of hydrogen-bond acceptors (Lipinski definition) is 4. The Kier molecular flexibility index (Phi) is 4.16. The molecular formula is C14H14N2O2S. The van der Waals surface area contributed by atoms with Gasteiger partial charge in [-0.25, -0.2) is 14.8 Å². The smallest absolute Gasteiger partial charge is 0.339 e. The molecule has 0 aliphatic heterocycles. The van der Waals surface area contributed by atoms with Crippen LogP contribution in [0.15, 0.2) is 35.4 Å². The molecule has 4 nitrogen and oxygen atoms in total. The average molecular weight is 274 g/mol. The lowest BCUT2D eigenvalue weighted by Gasteiger charge is -2.07. The Morgan fingerprint density at radius 3 is 2.58 bits per heavy atom. The van der Waals surface area contributed by atoms with Crippen LogP contribution in [0.3, 0.4) is 0 Å². The van der Waals surface area contributed by atoms with E-state index in [1.54, 1.807) is 18.7 Å². The van der Waals surface area contributed by atoms with Gasteiger partial charge in [-0.3, -0.25) is 0 Å². The molecule has 0 radical (unpaired) electrons. The predicted octanol–water partition coefficient (Wildman–Crippen LogP) is 3.26. The zero-order valence-corrected chi connectivity index (χ0v) is 11.6. The Balaban J connectivity index is 2.45. The van der Waals surface area contributed by atoms with Crippen molar-refractivity contribution in [2.75, 3.05) is 5.75 Å². The maximum Gasteiger partial charge on any atom is 0.339 e. The lowest BCUT2D eigenvalue weighted by Crippen LogP contribution is -2.04. The maximum atomic E-state index is 11.2. The predicted molar refractivity (Wildman–Crippen MR) is 75.6 cm³/mol. The first kappa shape index (κ1) is 13.5. The number of carboxylic acids is 1. The van der Waals surface area contributed by atoms with Crippen molar-refractivity contribution in [2.24, 2.45) is 0 Å². The molecule has 98 valence electrons. The van der Waals surface area contributed by atoms with Crippen LogP contribution in [0.1, 0.15) is 23.1 Å². The highest BCUT2D eigenvalue weighted by Crippen LogP contribution is 2.25. The van der Waals surface area contributed by atoms with E-state index < -0.39 is 5.97 Å². The lowest BCUT2D eigenvalue weighted by atomic mass is 10.1. The van der Waals surface area contributed by atoms with Gasteiger partial charge < -0.3 is 5.11 Å². The summed E-state index contributed by atoms with van der Waals surface area (Å²) < 4.78 is 0. The minimum Gasteiger partial charge on any atom is -0.478 e. The van der Waals surface area contributed by atoms with Crippen molar-refractivity contribution in [3.05, 3.63) is 41.9 Å². The van der Waals surface area contributed by atoms with Gasteiger partial charge in [-0.1, -0.05) is 19.1 Å². The molecule has 1 aromatic heterocycles. The van der Waals surface area contributed by atoms with Crippen molar-refractivity contribution in [3.63, 3.8) is 0 Å². The van der Waals surface area contributed by atoms with E-state index in [9.17, 15) is 9.90 Å². The Morgan fingerprint density at radius 2 is 2.00 bits per heavy atom. The summed E-state index contributed by atoms with van der Waals surface area (Å²) in [7, 11) is 0. The van der Waals surface area contributed by atoms with Crippen molar-refractivity contribution < 1.29 is 9.90 Å². The van der Waals surface area contributed by atoms with E-state index in [-0.39, 0.29) is 5.56 Å². The molecular weight excluding hydrogens is 260 g/mol. The topological polar surface area (TPSA) is 63.1 Å². The SMILES string of the molecule is CCSc1ccc(-c2nc(C)ncc2C(=O)O)cc1.